The molecule has 0 saturated carbocycles. The molecule has 0 radical (unpaired) electrons. The molecule has 0 aromatic heterocycles. The molecular weight excluding hydrogens is 258 g/mol. The molecule has 0 spiro atoms. The quantitative estimate of drug-likeness (QED) is 0.605. The number of esters is 1. The lowest BCUT2D eigenvalue weighted by molar-refractivity contribution is -0.164. The molecule has 1 rings (SSSR count). The Balaban J connectivity index is 2.75. The van der Waals surface area contributed by atoms with Crippen LogP contribution in [-0.2, 0) is 9.53 Å². The van der Waals surface area contributed by atoms with Crippen LogP contribution in [0.4, 0.5) is 8.78 Å². The predicted molar refractivity (Wildman–Crippen MR) is 68.8 cm³/mol. The molecule has 0 amide bonds. The monoisotopic (exact) mass is 272 g/mol. The number of alkyl halides is 2. The van der Waals surface area contributed by atoms with Gasteiger partial charge in [0.25, 0.3) is 0 Å². The maximum Gasteiger partial charge on any atom is 0.381 e. The molecule has 0 fully saturated rings. The Hall–Kier alpha value is -1.36. The number of carbonyl (C=O) groups excluding carboxylic acids is 1. The fourth-order valence-corrected chi connectivity index (χ4v) is 1.62. The van der Waals surface area contributed by atoms with Crippen molar-refractivity contribution >= 4 is 23.8 Å². The average molecular weight is 272 g/mol. The van der Waals surface area contributed by atoms with Gasteiger partial charge in [-0.1, -0.05) is 18.2 Å². The molecule has 0 atom stereocenters. The molecule has 0 aliphatic heterocycles. The molecular formula is C13H14F2O2S. The number of hydrogen-bond acceptors (Lipinski definition) is 3. The molecule has 0 unspecified atom stereocenters. The maximum absolute atomic E-state index is 13.3. The van der Waals surface area contributed by atoms with Gasteiger partial charge in [-0.05, 0) is 37.0 Å². The fraction of sp³-hybridized carbons (Fsp3) is 0.308. The summed E-state index contributed by atoms with van der Waals surface area (Å²) < 4.78 is 30.8. The van der Waals surface area contributed by atoms with E-state index in [4.69, 9.17) is 0 Å². The standard InChI is InChI=1S/C13H14F2O2S/c1-3-17-12(16)13(14,15)9-8-10-4-6-11(18-2)7-5-10/h4-9H,3H2,1-2H3/b9-8+. The van der Waals surface area contributed by atoms with Crippen LogP contribution in [0, 0.1) is 0 Å². The van der Waals surface area contributed by atoms with Crippen LogP contribution in [0.15, 0.2) is 35.2 Å². The van der Waals surface area contributed by atoms with Gasteiger partial charge in [0.15, 0.2) is 0 Å². The molecule has 0 saturated heterocycles. The zero-order valence-corrected chi connectivity index (χ0v) is 11.0. The Labute approximate surface area is 109 Å². The molecule has 0 heterocycles. The summed E-state index contributed by atoms with van der Waals surface area (Å²) in [5.74, 6) is -5.12. The number of thioether (sulfide) groups is 1. The summed E-state index contributed by atoms with van der Waals surface area (Å²) >= 11 is 1.57. The normalized spacial score (nSPS) is 11.8. The van der Waals surface area contributed by atoms with E-state index < -0.39 is 11.9 Å². The number of ether oxygens (including phenoxy) is 1. The van der Waals surface area contributed by atoms with Crippen molar-refractivity contribution in [2.75, 3.05) is 12.9 Å². The van der Waals surface area contributed by atoms with Gasteiger partial charge in [-0.15, -0.1) is 11.8 Å². The lowest BCUT2D eigenvalue weighted by Crippen LogP contribution is -2.28. The maximum atomic E-state index is 13.3. The van der Waals surface area contributed by atoms with E-state index in [0.717, 1.165) is 4.90 Å². The van der Waals surface area contributed by atoms with Crippen LogP contribution in [0.25, 0.3) is 6.08 Å². The van der Waals surface area contributed by atoms with E-state index in [1.54, 1.807) is 23.9 Å². The van der Waals surface area contributed by atoms with E-state index in [1.165, 1.54) is 13.0 Å². The SMILES string of the molecule is CCOC(=O)C(F)(F)/C=C/c1ccc(SC)cc1. The molecule has 2 nitrogen and oxygen atoms in total. The van der Waals surface area contributed by atoms with Crippen molar-refractivity contribution in [2.45, 2.75) is 17.7 Å². The third-order valence-electron chi connectivity index (χ3n) is 2.15. The minimum Gasteiger partial charge on any atom is -0.461 e. The minimum atomic E-state index is -3.59. The van der Waals surface area contributed by atoms with E-state index in [2.05, 4.69) is 4.74 Å². The highest BCUT2D eigenvalue weighted by molar-refractivity contribution is 7.98. The first-order valence-electron chi connectivity index (χ1n) is 5.38. The van der Waals surface area contributed by atoms with Gasteiger partial charge in [0.1, 0.15) is 0 Å². The summed E-state index contributed by atoms with van der Waals surface area (Å²) in [7, 11) is 0. The topological polar surface area (TPSA) is 26.3 Å². The number of benzene rings is 1. The van der Waals surface area contributed by atoms with E-state index in [0.29, 0.717) is 11.6 Å². The second-order valence-electron chi connectivity index (χ2n) is 3.45. The van der Waals surface area contributed by atoms with Crippen molar-refractivity contribution in [1.82, 2.24) is 0 Å². The van der Waals surface area contributed by atoms with Gasteiger partial charge < -0.3 is 4.74 Å². The lowest BCUT2D eigenvalue weighted by Gasteiger charge is -2.09. The fourth-order valence-electron chi connectivity index (χ4n) is 1.21. The van der Waals surface area contributed by atoms with E-state index >= 15 is 0 Å². The summed E-state index contributed by atoms with van der Waals surface area (Å²) in [6.07, 6.45) is 3.69. The van der Waals surface area contributed by atoms with Crippen molar-refractivity contribution in [3.63, 3.8) is 0 Å². The number of halogens is 2. The highest BCUT2D eigenvalue weighted by atomic mass is 32.2. The summed E-state index contributed by atoms with van der Waals surface area (Å²) in [5.41, 5.74) is 0.608. The van der Waals surface area contributed by atoms with Crippen molar-refractivity contribution < 1.29 is 18.3 Å². The van der Waals surface area contributed by atoms with Gasteiger partial charge in [-0.3, -0.25) is 0 Å². The van der Waals surface area contributed by atoms with Crippen molar-refractivity contribution in [3.05, 3.63) is 35.9 Å². The van der Waals surface area contributed by atoms with Crippen LogP contribution >= 0.6 is 11.8 Å². The molecule has 0 aliphatic carbocycles. The Morgan fingerprint density at radius 3 is 2.50 bits per heavy atom. The van der Waals surface area contributed by atoms with Crippen molar-refractivity contribution in [2.24, 2.45) is 0 Å². The van der Waals surface area contributed by atoms with Crippen molar-refractivity contribution in [1.29, 1.82) is 0 Å². The molecule has 0 aliphatic rings. The average Bonchev–Trinajstić information content (AvgIpc) is 2.37. The molecule has 0 bridgehead atoms. The van der Waals surface area contributed by atoms with Crippen LogP contribution < -0.4 is 0 Å². The second kappa shape index (κ2) is 6.54. The Kier molecular flexibility index (Phi) is 5.34. The van der Waals surface area contributed by atoms with Gasteiger partial charge >= 0.3 is 11.9 Å². The van der Waals surface area contributed by atoms with Gasteiger partial charge in [0.05, 0.1) is 6.61 Å². The Morgan fingerprint density at radius 1 is 1.39 bits per heavy atom. The smallest absolute Gasteiger partial charge is 0.381 e. The molecule has 1 aromatic rings. The number of carbonyl (C=O) groups is 1. The van der Waals surface area contributed by atoms with E-state index in [9.17, 15) is 13.6 Å². The molecule has 0 N–H and O–H groups in total. The summed E-state index contributed by atoms with van der Waals surface area (Å²) in [4.78, 5) is 12.0. The number of rotatable bonds is 5. The Bertz CT molecular complexity index is 427. The first kappa shape index (κ1) is 14.7. The molecule has 5 heteroatoms. The zero-order valence-electron chi connectivity index (χ0n) is 10.2. The largest absolute Gasteiger partial charge is 0.461 e. The highest BCUT2D eigenvalue weighted by Crippen LogP contribution is 2.20. The van der Waals surface area contributed by atoms with Crippen LogP contribution in [-0.4, -0.2) is 24.8 Å². The predicted octanol–water partition coefficient (Wildman–Crippen LogP) is 3.62. The number of hydrogen-bond donors (Lipinski definition) is 0. The van der Waals surface area contributed by atoms with Gasteiger partial charge in [-0.25, -0.2) is 4.79 Å². The van der Waals surface area contributed by atoms with Gasteiger partial charge in [-0.2, -0.15) is 8.78 Å². The minimum absolute atomic E-state index is 0.0648. The highest BCUT2D eigenvalue weighted by Gasteiger charge is 2.37. The lowest BCUT2D eigenvalue weighted by atomic mass is 10.2. The third-order valence-corrected chi connectivity index (χ3v) is 2.89. The van der Waals surface area contributed by atoms with Crippen LogP contribution in [0.5, 0.6) is 0 Å². The van der Waals surface area contributed by atoms with Gasteiger partial charge in [0, 0.05) is 4.90 Å². The first-order valence-corrected chi connectivity index (χ1v) is 6.60. The van der Waals surface area contributed by atoms with Crippen LogP contribution in [0.2, 0.25) is 0 Å². The summed E-state index contributed by atoms with van der Waals surface area (Å²) in [5, 5.41) is 0. The van der Waals surface area contributed by atoms with Crippen LogP contribution in [0.3, 0.4) is 0 Å². The second-order valence-corrected chi connectivity index (χ2v) is 4.33. The van der Waals surface area contributed by atoms with E-state index in [1.807, 2.05) is 18.4 Å². The zero-order chi connectivity index (χ0) is 13.6. The molecule has 18 heavy (non-hydrogen) atoms. The summed E-state index contributed by atoms with van der Waals surface area (Å²) in [6, 6.07) is 7.08. The first-order chi connectivity index (χ1) is 8.49. The van der Waals surface area contributed by atoms with Gasteiger partial charge in [0.2, 0.25) is 0 Å². The summed E-state index contributed by atoms with van der Waals surface area (Å²) in [6.45, 7) is 1.42. The van der Waals surface area contributed by atoms with E-state index in [-0.39, 0.29) is 6.61 Å². The molecule has 1 aromatic carbocycles. The van der Waals surface area contributed by atoms with Crippen molar-refractivity contribution in [3.8, 4) is 0 Å². The third kappa shape index (κ3) is 4.14. The Morgan fingerprint density at radius 2 is 2.00 bits per heavy atom. The molecule has 98 valence electrons. The van der Waals surface area contributed by atoms with Crippen LogP contribution in [0.1, 0.15) is 12.5 Å².